The van der Waals surface area contributed by atoms with Crippen molar-refractivity contribution >= 4 is 17.7 Å². The lowest BCUT2D eigenvalue weighted by Gasteiger charge is -2.23. The monoisotopic (exact) mass is 261 g/mol. The van der Waals surface area contributed by atoms with Crippen molar-refractivity contribution in [3.05, 3.63) is 29.8 Å². The van der Waals surface area contributed by atoms with E-state index in [1.54, 1.807) is 11.8 Å². The molecule has 2 fully saturated rings. The second-order valence-electron chi connectivity index (χ2n) is 5.46. The van der Waals surface area contributed by atoms with Gasteiger partial charge in [0.1, 0.15) is 0 Å². The Morgan fingerprint density at radius 2 is 2.11 bits per heavy atom. The van der Waals surface area contributed by atoms with Crippen molar-refractivity contribution in [1.29, 1.82) is 0 Å². The lowest BCUT2D eigenvalue weighted by molar-refractivity contribution is 0.0920. The fourth-order valence-corrected chi connectivity index (χ4v) is 4.10. The summed E-state index contributed by atoms with van der Waals surface area (Å²) in [7, 11) is 0. The smallest absolute Gasteiger partial charge is 0.252 e. The number of hydrogen-bond donors (Lipinski definition) is 1. The summed E-state index contributed by atoms with van der Waals surface area (Å²) in [5, 5.41) is 3.25. The van der Waals surface area contributed by atoms with E-state index in [0.717, 1.165) is 22.3 Å². The Hall–Kier alpha value is -0.960. The molecule has 2 aliphatic rings. The number of benzene rings is 1. The lowest BCUT2D eigenvalue weighted by Crippen LogP contribution is -2.38. The minimum Gasteiger partial charge on any atom is -0.349 e. The molecule has 3 heteroatoms. The Labute approximate surface area is 113 Å². The quantitative estimate of drug-likeness (QED) is 0.846. The number of nitrogens with one attached hydrogen (secondary N) is 1. The molecule has 1 aromatic rings. The number of carbonyl (C=O) groups excluding carboxylic acids is 1. The molecule has 0 heterocycles. The largest absolute Gasteiger partial charge is 0.349 e. The Balaban J connectivity index is 1.71. The predicted molar refractivity (Wildman–Crippen MR) is 74.9 cm³/mol. The normalized spacial score (nSPS) is 29.5. The van der Waals surface area contributed by atoms with Crippen LogP contribution in [-0.2, 0) is 0 Å². The van der Waals surface area contributed by atoms with Gasteiger partial charge in [0.05, 0.1) is 5.56 Å². The number of amides is 1. The van der Waals surface area contributed by atoms with Gasteiger partial charge < -0.3 is 5.32 Å². The molecule has 96 valence electrons. The van der Waals surface area contributed by atoms with Crippen molar-refractivity contribution in [2.45, 2.75) is 36.6 Å². The molecular formula is C15H19NOS. The maximum absolute atomic E-state index is 12.3. The van der Waals surface area contributed by atoms with Crippen molar-refractivity contribution in [2.24, 2.45) is 11.8 Å². The van der Waals surface area contributed by atoms with E-state index in [1.807, 2.05) is 30.5 Å². The molecule has 0 saturated heterocycles. The first-order valence-electron chi connectivity index (χ1n) is 6.72. The van der Waals surface area contributed by atoms with Gasteiger partial charge in [-0.2, -0.15) is 0 Å². The Kier molecular flexibility index (Phi) is 3.33. The number of fused-ring (bicyclic) bond motifs is 2. The zero-order valence-electron chi connectivity index (χ0n) is 10.7. The highest BCUT2D eigenvalue weighted by molar-refractivity contribution is 7.98. The minimum atomic E-state index is 0.109. The maximum Gasteiger partial charge on any atom is 0.252 e. The van der Waals surface area contributed by atoms with Gasteiger partial charge in [-0.3, -0.25) is 4.79 Å². The van der Waals surface area contributed by atoms with Crippen molar-refractivity contribution < 1.29 is 4.79 Å². The molecule has 3 atom stereocenters. The van der Waals surface area contributed by atoms with E-state index in [9.17, 15) is 4.79 Å². The van der Waals surface area contributed by atoms with Gasteiger partial charge in [0, 0.05) is 10.9 Å². The van der Waals surface area contributed by atoms with Crippen molar-refractivity contribution in [1.82, 2.24) is 5.32 Å². The summed E-state index contributed by atoms with van der Waals surface area (Å²) in [6.07, 6.45) is 7.22. The molecule has 2 bridgehead atoms. The summed E-state index contributed by atoms with van der Waals surface area (Å²) in [6.45, 7) is 0. The molecule has 1 aromatic carbocycles. The van der Waals surface area contributed by atoms with Gasteiger partial charge in [0.25, 0.3) is 5.91 Å². The SMILES string of the molecule is CSc1ccccc1C(=O)N[C@@H]1C[C@@H]2CC[C@@H]1C2. The van der Waals surface area contributed by atoms with Crippen LogP contribution in [-0.4, -0.2) is 18.2 Å². The van der Waals surface area contributed by atoms with E-state index >= 15 is 0 Å². The number of rotatable bonds is 3. The second kappa shape index (κ2) is 4.96. The molecule has 0 aliphatic heterocycles. The van der Waals surface area contributed by atoms with Crippen LogP contribution in [0, 0.1) is 11.8 Å². The van der Waals surface area contributed by atoms with Crippen LogP contribution in [0.25, 0.3) is 0 Å². The van der Waals surface area contributed by atoms with Crippen molar-refractivity contribution in [3.63, 3.8) is 0 Å². The van der Waals surface area contributed by atoms with E-state index in [4.69, 9.17) is 0 Å². The minimum absolute atomic E-state index is 0.109. The molecular weight excluding hydrogens is 242 g/mol. The first kappa shape index (κ1) is 12.1. The highest BCUT2D eigenvalue weighted by Crippen LogP contribution is 2.44. The third kappa shape index (κ3) is 2.16. The molecule has 3 rings (SSSR count). The fraction of sp³-hybridized carbons (Fsp3) is 0.533. The van der Waals surface area contributed by atoms with E-state index in [0.29, 0.717) is 6.04 Å². The van der Waals surface area contributed by atoms with Crippen LogP contribution in [0.4, 0.5) is 0 Å². The highest BCUT2D eigenvalue weighted by Gasteiger charge is 2.40. The van der Waals surface area contributed by atoms with Crippen LogP contribution < -0.4 is 5.32 Å². The lowest BCUT2D eigenvalue weighted by atomic mass is 9.95. The third-order valence-corrected chi connectivity index (χ3v) is 5.20. The van der Waals surface area contributed by atoms with Gasteiger partial charge >= 0.3 is 0 Å². The van der Waals surface area contributed by atoms with Gasteiger partial charge in [-0.25, -0.2) is 0 Å². The van der Waals surface area contributed by atoms with Gasteiger partial charge in [-0.05, 0) is 49.5 Å². The van der Waals surface area contributed by atoms with Crippen molar-refractivity contribution in [2.75, 3.05) is 6.26 Å². The third-order valence-electron chi connectivity index (χ3n) is 4.41. The molecule has 2 saturated carbocycles. The summed E-state index contributed by atoms with van der Waals surface area (Å²) in [5.41, 5.74) is 0.827. The number of hydrogen-bond acceptors (Lipinski definition) is 2. The summed E-state index contributed by atoms with van der Waals surface area (Å²) < 4.78 is 0. The zero-order chi connectivity index (χ0) is 12.5. The number of thioether (sulfide) groups is 1. The standard InChI is InChI=1S/C15H19NOS/c1-18-14-5-3-2-4-12(14)15(17)16-13-9-10-6-7-11(13)8-10/h2-5,10-11,13H,6-9H2,1H3,(H,16,17)/t10-,11-,13-/m1/s1. The Morgan fingerprint density at radius 1 is 1.28 bits per heavy atom. The molecule has 18 heavy (non-hydrogen) atoms. The molecule has 0 aromatic heterocycles. The number of carbonyl (C=O) groups is 1. The molecule has 0 radical (unpaired) electrons. The topological polar surface area (TPSA) is 29.1 Å². The Morgan fingerprint density at radius 3 is 2.78 bits per heavy atom. The van der Waals surface area contributed by atoms with Crippen LogP contribution in [0.1, 0.15) is 36.0 Å². The van der Waals surface area contributed by atoms with Gasteiger partial charge in [0.2, 0.25) is 0 Å². The first-order chi connectivity index (χ1) is 8.78. The average Bonchev–Trinajstić information content (AvgIpc) is 3.01. The first-order valence-corrected chi connectivity index (χ1v) is 7.94. The average molecular weight is 261 g/mol. The summed E-state index contributed by atoms with van der Waals surface area (Å²) >= 11 is 1.64. The van der Waals surface area contributed by atoms with Crippen molar-refractivity contribution in [3.8, 4) is 0 Å². The zero-order valence-corrected chi connectivity index (χ0v) is 11.5. The van der Waals surface area contributed by atoms with Crippen LogP contribution in [0.5, 0.6) is 0 Å². The van der Waals surface area contributed by atoms with Crippen LogP contribution in [0.2, 0.25) is 0 Å². The molecule has 2 aliphatic carbocycles. The molecule has 1 N–H and O–H groups in total. The summed E-state index contributed by atoms with van der Waals surface area (Å²) in [4.78, 5) is 13.4. The van der Waals surface area contributed by atoms with E-state index in [-0.39, 0.29) is 5.91 Å². The molecule has 0 unspecified atom stereocenters. The molecule has 1 amide bonds. The van der Waals surface area contributed by atoms with E-state index in [2.05, 4.69) is 5.32 Å². The fourth-order valence-electron chi connectivity index (χ4n) is 3.50. The predicted octanol–water partition coefficient (Wildman–Crippen LogP) is 3.33. The summed E-state index contributed by atoms with van der Waals surface area (Å²) in [6, 6.07) is 8.29. The van der Waals surface area contributed by atoms with Gasteiger partial charge in [-0.15, -0.1) is 11.8 Å². The molecule has 0 spiro atoms. The Bertz CT molecular complexity index is 460. The maximum atomic E-state index is 12.3. The highest BCUT2D eigenvalue weighted by atomic mass is 32.2. The summed E-state index contributed by atoms with van der Waals surface area (Å²) in [5.74, 6) is 1.72. The van der Waals surface area contributed by atoms with Crippen LogP contribution >= 0.6 is 11.8 Å². The molecule has 2 nitrogen and oxygen atoms in total. The van der Waals surface area contributed by atoms with E-state index in [1.165, 1.54) is 25.7 Å². The van der Waals surface area contributed by atoms with E-state index < -0.39 is 0 Å². The second-order valence-corrected chi connectivity index (χ2v) is 6.30. The van der Waals surface area contributed by atoms with Gasteiger partial charge in [-0.1, -0.05) is 18.6 Å². The van der Waals surface area contributed by atoms with Gasteiger partial charge in [0.15, 0.2) is 0 Å². The van der Waals surface area contributed by atoms with Crippen LogP contribution in [0.15, 0.2) is 29.2 Å². The van der Waals surface area contributed by atoms with Crippen LogP contribution in [0.3, 0.4) is 0 Å².